The molecule has 0 saturated carbocycles. The predicted octanol–water partition coefficient (Wildman–Crippen LogP) is 3.23. The van der Waals surface area contributed by atoms with Gasteiger partial charge in [-0.3, -0.25) is 0 Å². The van der Waals surface area contributed by atoms with Crippen molar-refractivity contribution in [3.8, 4) is 0 Å². The second-order valence-electron chi connectivity index (χ2n) is 6.34. The predicted molar refractivity (Wildman–Crippen MR) is 87.5 cm³/mol. The average molecular weight is 390 g/mol. The van der Waals surface area contributed by atoms with Crippen LogP contribution in [0.1, 0.15) is 27.2 Å². The Kier molecular flexibility index (Phi) is 4.87. The zero-order valence-corrected chi connectivity index (χ0v) is 15.3. The Balaban J connectivity index is 2.11. The number of halogens is 1. The van der Waals surface area contributed by atoms with Crippen molar-refractivity contribution in [2.45, 2.75) is 42.9 Å². The van der Waals surface area contributed by atoms with E-state index in [1.54, 1.807) is 45.0 Å². The summed E-state index contributed by atoms with van der Waals surface area (Å²) in [6.45, 7) is 5.93. The van der Waals surface area contributed by atoms with Crippen LogP contribution in [0.3, 0.4) is 0 Å². The van der Waals surface area contributed by atoms with Gasteiger partial charge < -0.3 is 9.64 Å². The number of hydrogen-bond acceptors (Lipinski definition) is 4. The maximum absolute atomic E-state index is 12.6. The van der Waals surface area contributed by atoms with Crippen LogP contribution in [0.5, 0.6) is 0 Å². The minimum absolute atomic E-state index is 0.170. The van der Waals surface area contributed by atoms with E-state index in [2.05, 4.69) is 15.9 Å². The lowest BCUT2D eigenvalue weighted by atomic mass is 10.2. The Morgan fingerprint density at radius 3 is 2.64 bits per heavy atom. The van der Waals surface area contributed by atoms with E-state index in [9.17, 15) is 13.2 Å². The molecule has 1 aromatic rings. The molecule has 0 radical (unpaired) electrons. The molecule has 5 nitrogen and oxygen atoms in total. The number of amides is 1. The monoisotopic (exact) mass is 389 g/mol. The Labute approximate surface area is 139 Å². The van der Waals surface area contributed by atoms with E-state index < -0.39 is 26.8 Å². The van der Waals surface area contributed by atoms with Gasteiger partial charge in [0, 0.05) is 17.6 Å². The Hall–Kier alpha value is -1.08. The summed E-state index contributed by atoms with van der Waals surface area (Å²) < 4.78 is 31.3. The fourth-order valence-corrected chi connectivity index (χ4v) is 4.60. The second kappa shape index (κ2) is 6.20. The van der Waals surface area contributed by atoms with Crippen LogP contribution in [-0.2, 0) is 14.6 Å². The third-order valence-corrected chi connectivity index (χ3v) is 6.03. The van der Waals surface area contributed by atoms with Crippen LogP contribution in [-0.4, -0.2) is 43.4 Å². The van der Waals surface area contributed by atoms with Crippen molar-refractivity contribution in [2.75, 3.05) is 13.1 Å². The lowest BCUT2D eigenvalue weighted by Gasteiger charge is -2.24. The summed E-state index contributed by atoms with van der Waals surface area (Å²) in [5.74, 6) is 0. The van der Waals surface area contributed by atoms with E-state index >= 15 is 0 Å². The first-order chi connectivity index (χ1) is 10.1. The molecule has 1 amide bonds. The van der Waals surface area contributed by atoms with E-state index in [4.69, 9.17) is 4.74 Å². The van der Waals surface area contributed by atoms with Crippen molar-refractivity contribution in [3.05, 3.63) is 28.7 Å². The number of rotatable bonds is 2. The molecule has 1 atom stereocenters. The van der Waals surface area contributed by atoms with Crippen LogP contribution in [0.4, 0.5) is 4.79 Å². The molecule has 7 heteroatoms. The molecular formula is C15H20BrNO4S. The summed E-state index contributed by atoms with van der Waals surface area (Å²) in [6.07, 6.45) is -0.0342. The van der Waals surface area contributed by atoms with Gasteiger partial charge in [-0.25, -0.2) is 13.2 Å². The third kappa shape index (κ3) is 4.01. The van der Waals surface area contributed by atoms with Crippen molar-refractivity contribution < 1.29 is 17.9 Å². The van der Waals surface area contributed by atoms with E-state index in [0.717, 1.165) is 4.47 Å². The smallest absolute Gasteiger partial charge is 0.410 e. The van der Waals surface area contributed by atoms with Crippen molar-refractivity contribution in [3.63, 3.8) is 0 Å². The van der Waals surface area contributed by atoms with Crippen LogP contribution < -0.4 is 0 Å². The summed E-state index contributed by atoms with van der Waals surface area (Å²) >= 11 is 3.28. The van der Waals surface area contributed by atoms with Gasteiger partial charge in [0.15, 0.2) is 9.84 Å². The fourth-order valence-electron chi connectivity index (χ4n) is 2.31. The zero-order chi connectivity index (χ0) is 16.5. The van der Waals surface area contributed by atoms with Gasteiger partial charge in [-0.15, -0.1) is 0 Å². The molecular weight excluding hydrogens is 370 g/mol. The molecule has 1 aromatic carbocycles. The number of nitrogens with zero attached hydrogens (tertiary/aromatic N) is 1. The number of ether oxygens (including phenoxy) is 1. The molecule has 1 aliphatic rings. The van der Waals surface area contributed by atoms with Gasteiger partial charge in [0.2, 0.25) is 0 Å². The lowest BCUT2D eigenvalue weighted by Crippen LogP contribution is -2.36. The van der Waals surface area contributed by atoms with Crippen LogP contribution in [0.25, 0.3) is 0 Å². The normalized spacial score (nSPS) is 19.3. The van der Waals surface area contributed by atoms with Crippen molar-refractivity contribution in [2.24, 2.45) is 0 Å². The van der Waals surface area contributed by atoms with Gasteiger partial charge >= 0.3 is 6.09 Å². The Morgan fingerprint density at radius 2 is 2.05 bits per heavy atom. The molecule has 1 heterocycles. The molecule has 0 N–H and O–H groups in total. The first-order valence-electron chi connectivity index (χ1n) is 7.07. The molecule has 0 unspecified atom stereocenters. The summed E-state index contributed by atoms with van der Waals surface area (Å²) in [4.78, 5) is 13.8. The van der Waals surface area contributed by atoms with E-state index in [1.807, 2.05) is 0 Å². The standard InChI is InChI=1S/C15H20BrNO4S/c1-15(2,3)21-14(18)17-8-7-13(10-17)22(19,20)12-6-4-5-11(16)9-12/h4-6,9,13H,7-8,10H2,1-3H3/t13-/m0/s1. The number of carbonyl (C=O) groups excluding carboxylic acids is 1. The maximum Gasteiger partial charge on any atom is 0.410 e. The molecule has 0 aliphatic carbocycles. The molecule has 2 rings (SSSR count). The Morgan fingerprint density at radius 1 is 1.36 bits per heavy atom. The molecule has 0 aromatic heterocycles. The van der Waals surface area contributed by atoms with Gasteiger partial charge in [-0.2, -0.15) is 0 Å². The number of likely N-dealkylation sites (tertiary alicyclic amines) is 1. The largest absolute Gasteiger partial charge is 0.444 e. The SMILES string of the molecule is CC(C)(C)OC(=O)N1CC[C@H](S(=O)(=O)c2cccc(Br)c2)C1. The number of benzene rings is 1. The van der Waals surface area contributed by atoms with E-state index in [-0.39, 0.29) is 11.4 Å². The number of sulfone groups is 1. The Bertz CT molecular complexity index is 666. The van der Waals surface area contributed by atoms with Crippen LogP contribution in [0.2, 0.25) is 0 Å². The highest BCUT2D eigenvalue weighted by Crippen LogP contribution is 2.26. The highest BCUT2D eigenvalue weighted by Gasteiger charge is 2.37. The minimum Gasteiger partial charge on any atom is -0.444 e. The third-order valence-electron chi connectivity index (χ3n) is 3.36. The molecule has 1 saturated heterocycles. The van der Waals surface area contributed by atoms with Gasteiger partial charge in [0.1, 0.15) is 5.60 Å². The average Bonchev–Trinajstić information content (AvgIpc) is 2.87. The molecule has 122 valence electrons. The number of hydrogen-bond donors (Lipinski definition) is 0. The van der Waals surface area contributed by atoms with E-state index in [1.165, 1.54) is 4.90 Å². The number of carbonyl (C=O) groups is 1. The molecule has 0 spiro atoms. The zero-order valence-electron chi connectivity index (χ0n) is 12.9. The van der Waals surface area contributed by atoms with Gasteiger partial charge in [0.05, 0.1) is 10.1 Å². The fraction of sp³-hybridized carbons (Fsp3) is 0.533. The highest BCUT2D eigenvalue weighted by molar-refractivity contribution is 9.10. The summed E-state index contributed by atoms with van der Waals surface area (Å²) in [5.41, 5.74) is -0.585. The van der Waals surface area contributed by atoms with Crippen LogP contribution in [0, 0.1) is 0 Å². The summed E-state index contributed by atoms with van der Waals surface area (Å²) in [7, 11) is -3.45. The summed E-state index contributed by atoms with van der Waals surface area (Å²) in [6, 6.07) is 6.64. The molecule has 0 bridgehead atoms. The van der Waals surface area contributed by atoms with Crippen molar-refractivity contribution >= 4 is 31.9 Å². The van der Waals surface area contributed by atoms with Crippen molar-refractivity contribution in [1.82, 2.24) is 4.90 Å². The first kappa shape index (κ1) is 17.3. The van der Waals surface area contributed by atoms with Crippen LogP contribution in [0.15, 0.2) is 33.6 Å². The van der Waals surface area contributed by atoms with Crippen LogP contribution >= 0.6 is 15.9 Å². The van der Waals surface area contributed by atoms with E-state index in [0.29, 0.717) is 13.0 Å². The molecule has 22 heavy (non-hydrogen) atoms. The first-order valence-corrected chi connectivity index (χ1v) is 9.41. The van der Waals surface area contributed by atoms with Gasteiger partial charge in [-0.1, -0.05) is 22.0 Å². The molecule has 1 fully saturated rings. The topological polar surface area (TPSA) is 63.7 Å². The highest BCUT2D eigenvalue weighted by atomic mass is 79.9. The lowest BCUT2D eigenvalue weighted by molar-refractivity contribution is 0.0295. The van der Waals surface area contributed by atoms with Crippen molar-refractivity contribution in [1.29, 1.82) is 0 Å². The molecule has 1 aliphatic heterocycles. The van der Waals surface area contributed by atoms with Gasteiger partial charge in [0.25, 0.3) is 0 Å². The second-order valence-corrected chi connectivity index (χ2v) is 9.48. The minimum atomic E-state index is -3.45. The maximum atomic E-state index is 12.6. The summed E-state index contributed by atoms with van der Waals surface area (Å²) in [5, 5.41) is -0.589. The quantitative estimate of drug-likeness (QED) is 0.778. The van der Waals surface area contributed by atoms with Gasteiger partial charge in [-0.05, 0) is 45.4 Å².